The smallest absolute Gasteiger partial charge is 0.00671 e. The number of hydrogen-bond acceptors (Lipinski definition) is 1. The molecule has 0 saturated heterocycles. The van der Waals surface area contributed by atoms with Crippen LogP contribution in [0.5, 0.6) is 0 Å². The van der Waals surface area contributed by atoms with Crippen LogP contribution in [0.4, 0.5) is 0 Å². The maximum atomic E-state index is 3.88. The summed E-state index contributed by atoms with van der Waals surface area (Å²) in [4.78, 5) is 0. The summed E-state index contributed by atoms with van der Waals surface area (Å²) >= 11 is 0. The lowest BCUT2D eigenvalue weighted by molar-refractivity contribution is 0.239. The Bertz CT molecular complexity index is 216. The highest BCUT2D eigenvalue weighted by atomic mass is 14.9. The van der Waals surface area contributed by atoms with Gasteiger partial charge in [-0.2, -0.15) is 0 Å². The third-order valence-corrected chi connectivity index (χ3v) is 5.30. The van der Waals surface area contributed by atoms with Crippen molar-refractivity contribution in [2.75, 3.05) is 6.54 Å². The quantitative estimate of drug-likeness (QED) is 0.676. The fourth-order valence-electron chi connectivity index (χ4n) is 3.02. The molecule has 1 unspecified atom stereocenters. The summed E-state index contributed by atoms with van der Waals surface area (Å²) in [6.45, 7) is 10.7. The van der Waals surface area contributed by atoms with Gasteiger partial charge in [-0.05, 0) is 30.7 Å². The Labute approximate surface area is 128 Å². The fraction of sp³-hybridized carbons (Fsp3) is 1.00. The lowest BCUT2D eigenvalue weighted by Crippen LogP contribution is -2.36. The predicted octanol–water partition coefficient (Wildman–Crippen LogP) is 5.93. The van der Waals surface area contributed by atoms with E-state index in [1.54, 1.807) is 0 Å². The van der Waals surface area contributed by atoms with Gasteiger partial charge in [0.25, 0.3) is 0 Å². The molecule has 0 amide bonds. The van der Waals surface area contributed by atoms with Crippen LogP contribution in [0.3, 0.4) is 0 Å². The van der Waals surface area contributed by atoms with E-state index < -0.39 is 0 Å². The molecule has 1 aliphatic carbocycles. The summed E-state index contributed by atoms with van der Waals surface area (Å²) in [7, 11) is 0. The summed E-state index contributed by atoms with van der Waals surface area (Å²) < 4.78 is 0. The Balaban J connectivity index is 2.31. The second-order valence-electron chi connectivity index (χ2n) is 8.13. The molecule has 1 N–H and O–H groups in total. The monoisotopic (exact) mass is 281 g/mol. The molecule has 1 heteroatoms. The SMILES string of the molecule is CC(CNC1CCCCCCCCCCC1)C(C)(C)C. The van der Waals surface area contributed by atoms with Crippen LogP contribution >= 0.6 is 0 Å². The Kier molecular flexibility index (Phi) is 8.84. The third-order valence-electron chi connectivity index (χ3n) is 5.30. The highest BCUT2D eigenvalue weighted by Crippen LogP contribution is 2.25. The number of hydrogen-bond donors (Lipinski definition) is 1. The minimum Gasteiger partial charge on any atom is -0.314 e. The molecule has 1 rings (SSSR count). The van der Waals surface area contributed by atoms with E-state index in [9.17, 15) is 0 Å². The van der Waals surface area contributed by atoms with Crippen molar-refractivity contribution in [1.29, 1.82) is 0 Å². The van der Waals surface area contributed by atoms with Crippen LogP contribution in [0.25, 0.3) is 0 Å². The molecule has 0 heterocycles. The lowest BCUT2D eigenvalue weighted by Gasteiger charge is -2.30. The van der Waals surface area contributed by atoms with E-state index in [-0.39, 0.29) is 0 Å². The summed E-state index contributed by atoms with van der Waals surface area (Å²) in [5.74, 6) is 0.754. The van der Waals surface area contributed by atoms with Gasteiger partial charge in [-0.1, -0.05) is 85.5 Å². The number of rotatable bonds is 3. The second kappa shape index (κ2) is 9.82. The summed E-state index contributed by atoms with van der Waals surface area (Å²) in [6.07, 6.45) is 15.9. The first kappa shape index (κ1) is 18.0. The van der Waals surface area contributed by atoms with Gasteiger partial charge in [0, 0.05) is 6.04 Å². The Morgan fingerprint density at radius 3 is 1.60 bits per heavy atom. The van der Waals surface area contributed by atoms with Gasteiger partial charge in [0.05, 0.1) is 0 Å². The van der Waals surface area contributed by atoms with Gasteiger partial charge < -0.3 is 5.32 Å². The molecule has 1 fully saturated rings. The summed E-state index contributed by atoms with van der Waals surface area (Å²) in [5.41, 5.74) is 0.429. The minimum atomic E-state index is 0.429. The highest BCUT2D eigenvalue weighted by molar-refractivity contribution is 4.75. The first-order valence-electron chi connectivity index (χ1n) is 9.23. The standard InChI is InChI=1S/C19H39N/c1-17(19(2,3)4)16-20-18-14-12-10-8-6-5-7-9-11-13-15-18/h17-18,20H,5-16H2,1-4H3. The van der Waals surface area contributed by atoms with E-state index in [0.717, 1.165) is 12.0 Å². The molecule has 0 aromatic heterocycles. The van der Waals surface area contributed by atoms with Gasteiger partial charge in [-0.15, -0.1) is 0 Å². The first-order valence-corrected chi connectivity index (χ1v) is 9.23. The van der Waals surface area contributed by atoms with Gasteiger partial charge >= 0.3 is 0 Å². The van der Waals surface area contributed by atoms with Crippen LogP contribution in [0, 0.1) is 11.3 Å². The molecule has 120 valence electrons. The molecule has 1 nitrogen and oxygen atoms in total. The molecule has 20 heavy (non-hydrogen) atoms. The maximum Gasteiger partial charge on any atom is 0.00671 e. The van der Waals surface area contributed by atoms with Crippen LogP contribution in [-0.2, 0) is 0 Å². The van der Waals surface area contributed by atoms with Crippen molar-refractivity contribution in [3.8, 4) is 0 Å². The maximum absolute atomic E-state index is 3.88. The van der Waals surface area contributed by atoms with Gasteiger partial charge in [0.15, 0.2) is 0 Å². The van der Waals surface area contributed by atoms with Crippen LogP contribution in [-0.4, -0.2) is 12.6 Å². The van der Waals surface area contributed by atoms with Crippen molar-refractivity contribution in [3.63, 3.8) is 0 Å². The molecule has 0 bridgehead atoms. The Morgan fingerprint density at radius 1 is 0.800 bits per heavy atom. The van der Waals surface area contributed by atoms with E-state index >= 15 is 0 Å². The largest absolute Gasteiger partial charge is 0.314 e. The van der Waals surface area contributed by atoms with Crippen molar-refractivity contribution in [2.24, 2.45) is 11.3 Å². The van der Waals surface area contributed by atoms with Crippen molar-refractivity contribution in [3.05, 3.63) is 0 Å². The molecule has 0 aliphatic heterocycles. The average Bonchev–Trinajstić information content (AvgIpc) is 2.36. The molecule has 1 saturated carbocycles. The molecular weight excluding hydrogens is 242 g/mol. The molecule has 1 aliphatic rings. The van der Waals surface area contributed by atoms with E-state index in [2.05, 4.69) is 33.0 Å². The second-order valence-corrected chi connectivity index (χ2v) is 8.13. The van der Waals surface area contributed by atoms with Gasteiger partial charge in [-0.3, -0.25) is 0 Å². The zero-order valence-electron chi connectivity index (χ0n) is 14.6. The van der Waals surface area contributed by atoms with Crippen molar-refractivity contribution in [1.82, 2.24) is 5.32 Å². The molecule has 1 atom stereocenters. The fourth-order valence-corrected chi connectivity index (χ4v) is 3.02. The lowest BCUT2D eigenvalue weighted by atomic mass is 9.82. The van der Waals surface area contributed by atoms with E-state index in [1.165, 1.54) is 77.2 Å². The van der Waals surface area contributed by atoms with Crippen molar-refractivity contribution < 1.29 is 0 Å². The Morgan fingerprint density at radius 2 is 1.20 bits per heavy atom. The highest BCUT2D eigenvalue weighted by Gasteiger charge is 2.20. The molecule has 0 radical (unpaired) electrons. The summed E-state index contributed by atoms with van der Waals surface area (Å²) in [5, 5.41) is 3.88. The summed E-state index contributed by atoms with van der Waals surface area (Å²) in [6, 6.07) is 0.777. The van der Waals surface area contributed by atoms with Gasteiger partial charge in [0.2, 0.25) is 0 Å². The van der Waals surface area contributed by atoms with E-state index in [1.807, 2.05) is 0 Å². The predicted molar refractivity (Wildman–Crippen MR) is 91.2 cm³/mol. The molecular formula is C19H39N. The van der Waals surface area contributed by atoms with Crippen LogP contribution in [0.15, 0.2) is 0 Å². The Hall–Kier alpha value is -0.0400. The van der Waals surface area contributed by atoms with Crippen LogP contribution in [0.1, 0.15) is 98.3 Å². The van der Waals surface area contributed by atoms with E-state index in [4.69, 9.17) is 0 Å². The third kappa shape index (κ3) is 8.29. The molecule has 0 aromatic rings. The van der Waals surface area contributed by atoms with Crippen molar-refractivity contribution in [2.45, 2.75) is 104 Å². The van der Waals surface area contributed by atoms with Crippen molar-refractivity contribution >= 4 is 0 Å². The molecule has 0 spiro atoms. The topological polar surface area (TPSA) is 12.0 Å². The van der Waals surface area contributed by atoms with Gasteiger partial charge in [-0.25, -0.2) is 0 Å². The van der Waals surface area contributed by atoms with Crippen LogP contribution < -0.4 is 5.32 Å². The average molecular weight is 282 g/mol. The van der Waals surface area contributed by atoms with E-state index in [0.29, 0.717) is 5.41 Å². The zero-order chi connectivity index (χ0) is 14.8. The normalized spacial score (nSPS) is 22.8. The van der Waals surface area contributed by atoms with Crippen LogP contribution in [0.2, 0.25) is 0 Å². The minimum absolute atomic E-state index is 0.429. The van der Waals surface area contributed by atoms with Gasteiger partial charge in [0.1, 0.15) is 0 Å². The first-order chi connectivity index (χ1) is 9.50. The molecule has 0 aromatic carbocycles. The number of nitrogens with one attached hydrogen (secondary N) is 1. The zero-order valence-corrected chi connectivity index (χ0v) is 14.6.